The van der Waals surface area contributed by atoms with E-state index < -0.39 is 0 Å². The fraction of sp³-hybridized carbons (Fsp3) is 0.875. The Balaban J connectivity index is 3.60. The summed E-state index contributed by atoms with van der Waals surface area (Å²) in [4.78, 5) is 0. The van der Waals surface area contributed by atoms with Gasteiger partial charge in [0, 0.05) is 0 Å². The summed E-state index contributed by atoms with van der Waals surface area (Å²) in [6.45, 7) is 17.8. The highest BCUT2D eigenvalue weighted by Crippen LogP contribution is 2.32. The molecular weight excluding hydrogens is 206 g/mol. The molecular formula is C16H33N. The van der Waals surface area contributed by atoms with E-state index in [-0.39, 0.29) is 0 Å². The van der Waals surface area contributed by atoms with Crippen LogP contribution in [-0.4, -0.2) is 13.1 Å². The van der Waals surface area contributed by atoms with Crippen molar-refractivity contribution in [3.05, 3.63) is 12.7 Å². The predicted octanol–water partition coefficient (Wildman–Crippen LogP) is 4.78. The van der Waals surface area contributed by atoms with Crippen molar-refractivity contribution in [3.8, 4) is 0 Å². The zero-order valence-corrected chi connectivity index (χ0v) is 12.7. The molecule has 0 saturated heterocycles. The lowest BCUT2D eigenvalue weighted by atomic mass is 9.78. The van der Waals surface area contributed by atoms with Crippen LogP contribution >= 0.6 is 0 Å². The third-order valence-corrected chi connectivity index (χ3v) is 3.29. The van der Waals surface area contributed by atoms with Crippen molar-refractivity contribution in [1.82, 2.24) is 5.32 Å². The van der Waals surface area contributed by atoms with Gasteiger partial charge in [0.1, 0.15) is 0 Å². The fourth-order valence-electron chi connectivity index (χ4n) is 1.76. The third-order valence-electron chi connectivity index (χ3n) is 3.29. The van der Waals surface area contributed by atoms with E-state index in [0.717, 1.165) is 19.5 Å². The highest BCUT2D eigenvalue weighted by Gasteiger charge is 2.20. The zero-order chi connectivity index (χ0) is 13.4. The number of nitrogens with one attached hydrogen (secondary N) is 1. The summed E-state index contributed by atoms with van der Waals surface area (Å²) in [5.74, 6) is 0. The van der Waals surface area contributed by atoms with Crippen LogP contribution in [0, 0.1) is 10.8 Å². The molecule has 0 bridgehead atoms. The zero-order valence-electron chi connectivity index (χ0n) is 12.7. The van der Waals surface area contributed by atoms with E-state index in [1.807, 2.05) is 6.08 Å². The predicted molar refractivity (Wildman–Crippen MR) is 79.4 cm³/mol. The van der Waals surface area contributed by atoms with Crippen LogP contribution in [0.2, 0.25) is 0 Å². The highest BCUT2D eigenvalue weighted by atomic mass is 14.8. The van der Waals surface area contributed by atoms with Crippen LogP contribution in [0.5, 0.6) is 0 Å². The van der Waals surface area contributed by atoms with Gasteiger partial charge in [-0.25, -0.2) is 0 Å². The first-order valence-corrected chi connectivity index (χ1v) is 7.08. The first-order chi connectivity index (χ1) is 7.77. The van der Waals surface area contributed by atoms with Crippen LogP contribution < -0.4 is 5.32 Å². The number of hydrogen-bond donors (Lipinski definition) is 1. The van der Waals surface area contributed by atoms with E-state index in [0.29, 0.717) is 10.8 Å². The lowest BCUT2D eigenvalue weighted by molar-refractivity contribution is 0.239. The summed E-state index contributed by atoms with van der Waals surface area (Å²) >= 11 is 0. The highest BCUT2D eigenvalue weighted by molar-refractivity contribution is 4.74. The van der Waals surface area contributed by atoms with Crippen LogP contribution in [-0.2, 0) is 0 Å². The molecule has 0 aromatic rings. The molecule has 1 heteroatoms. The second-order valence-electron chi connectivity index (χ2n) is 7.16. The number of rotatable bonds is 9. The molecule has 0 spiro atoms. The van der Waals surface area contributed by atoms with Crippen LogP contribution in [0.25, 0.3) is 0 Å². The van der Waals surface area contributed by atoms with Crippen LogP contribution in [0.4, 0.5) is 0 Å². The summed E-state index contributed by atoms with van der Waals surface area (Å²) < 4.78 is 0. The van der Waals surface area contributed by atoms with E-state index in [1.165, 1.54) is 25.7 Å². The largest absolute Gasteiger partial charge is 0.317 e. The van der Waals surface area contributed by atoms with Crippen molar-refractivity contribution < 1.29 is 0 Å². The van der Waals surface area contributed by atoms with Gasteiger partial charge >= 0.3 is 0 Å². The van der Waals surface area contributed by atoms with Crippen molar-refractivity contribution in [2.24, 2.45) is 10.8 Å². The van der Waals surface area contributed by atoms with Gasteiger partial charge in [-0.15, -0.1) is 6.58 Å². The van der Waals surface area contributed by atoms with E-state index in [2.05, 4.69) is 46.5 Å². The molecule has 0 aliphatic carbocycles. The molecule has 1 N–H and O–H groups in total. The Morgan fingerprint density at radius 1 is 0.941 bits per heavy atom. The lowest BCUT2D eigenvalue weighted by Gasteiger charge is -2.29. The summed E-state index contributed by atoms with van der Waals surface area (Å²) in [7, 11) is 0. The Kier molecular flexibility index (Phi) is 7.78. The molecule has 0 aromatic carbocycles. The number of hydrogen-bond acceptors (Lipinski definition) is 1. The molecule has 0 aromatic heterocycles. The molecule has 0 unspecified atom stereocenters. The van der Waals surface area contributed by atoms with Gasteiger partial charge in [-0.05, 0) is 56.0 Å². The topological polar surface area (TPSA) is 12.0 Å². The Labute approximate surface area is 109 Å². The molecule has 0 heterocycles. The van der Waals surface area contributed by atoms with Gasteiger partial charge in [0.2, 0.25) is 0 Å². The Hall–Kier alpha value is -0.300. The van der Waals surface area contributed by atoms with Crippen molar-refractivity contribution in [3.63, 3.8) is 0 Å². The van der Waals surface area contributed by atoms with Gasteiger partial charge in [0.25, 0.3) is 0 Å². The molecule has 0 amide bonds. The third kappa shape index (κ3) is 12.0. The van der Waals surface area contributed by atoms with Crippen LogP contribution in [0.3, 0.4) is 0 Å². The second kappa shape index (κ2) is 7.92. The first-order valence-electron chi connectivity index (χ1n) is 7.08. The standard InChI is InChI=1S/C16H33N/c1-7-8-9-13-17-14-12-16(5,6)11-10-15(2,3)4/h7,17H,1,8-14H2,2-6H3. The fourth-order valence-corrected chi connectivity index (χ4v) is 1.76. The minimum atomic E-state index is 0.467. The quantitative estimate of drug-likeness (QED) is 0.451. The number of unbranched alkanes of at least 4 members (excludes halogenated alkanes) is 1. The van der Waals surface area contributed by atoms with Crippen LogP contribution in [0.1, 0.15) is 66.7 Å². The molecule has 0 saturated carbocycles. The molecule has 0 radical (unpaired) electrons. The van der Waals surface area contributed by atoms with E-state index in [1.54, 1.807) is 0 Å². The van der Waals surface area contributed by atoms with Gasteiger partial charge < -0.3 is 5.32 Å². The summed E-state index contributed by atoms with van der Waals surface area (Å²) in [6.07, 6.45) is 8.25. The SMILES string of the molecule is C=CCCCNCCC(C)(C)CCC(C)(C)C. The summed E-state index contributed by atoms with van der Waals surface area (Å²) in [5.41, 5.74) is 0.938. The van der Waals surface area contributed by atoms with Gasteiger partial charge in [-0.3, -0.25) is 0 Å². The van der Waals surface area contributed by atoms with E-state index >= 15 is 0 Å². The second-order valence-corrected chi connectivity index (χ2v) is 7.16. The van der Waals surface area contributed by atoms with Crippen molar-refractivity contribution in [2.75, 3.05) is 13.1 Å². The normalized spacial score (nSPS) is 12.8. The Morgan fingerprint density at radius 3 is 2.12 bits per heavy atom. The minimum Gasteiger partial charge on any atom is -0.317 e. The molecule has 0 aliphatic rings. The van der Waals surface area contributed by atoms with Gasteiger partial charge in [0.15, 0.2) is 0 Å². The monoisotopic (exact) mass is 239 g/mol. The van der Waals surface area contributed by atoms with Crippen molar-refractivity contribution in [2.45, 2.75) is 66.7 Å². The average molecular weight is 239 g/mol. The lowest BCUT2D eigenvalue weighted by Crippen LogP contribution is -2.24. The first kappa shape index (κ1) is 16.7. The molecule has 17 heavy (non-hydrogen) atoms. The molecule has 0 fully saturated rings. The van der Waals surface area contributed by atoms with E-state index in [9.17, 15) is 0 Å². The van der Waals surface area contributed by atoms with Gasteiger partial charge in [-0.2, -0.15) is 0 Å². The Bertz CT molecular complexity index is 198. The maximum atomic E-state index is 3.74. The van der Waals surface area contributed by atoms with Crippen molar-refractivity contribution >= 4 is 0 Å². The van der Waals surface area contributed by atoms with Gasteiger partial charge in [0.05, 0.1) is 0 Å². The maximum Gasteiger partial charge on any atom is -0.00438 e. The summed E-state index contributed by atoms with van der Waals surface area (Å²) in [6, 6.07) is 0. The minimum absolute atomic E-state index is 0.467. The molecule has 1 nitrogen and oxygen atoms in total. The maximum absolute atomic E-state index is 3.74. The average Bonchev–Trinajstić information content (AvgIpc) is 2.20. The van der Waals surface area contributed by atoms with Gasteiger partial charge in [-0.1, -0.05) is 40.7 Å². The Morgan fingerprint density at radius 2 is 1.59 bits per heavy atom. The molecule has 0 aliphatic heterocycles. The summed E-state index contributed by atoms with van der Waals surface area (Å²) in [5, 5.41) is 3.53. The van der Waals surface area contributed by atoms with Crippen LogP contribution in [0.15, 0.2) is 12.7 Å². The molecule has 0 atom stereocenters. The van der Waals surface area contributed by atoms with E-state index in [4.69, 9.17) is 0 Å². The smallest absolute Gasteiger partial charge is 0.00438 e. The molecule has 0 rings (SSSR count). The number of allylic oxidation sites excluding steroid dienone is 1. The molecule has 102 valence electrons. The van der Waals surface area contributed by atoms with Crippen molar-refractivity contribution in [1.29, 1.82) is 0 Å².